The number of halogens is 2. The fourth-order valence-electron chi connectivity index (χ4n) is 1.83. The molecule has 0 saturated carbocycles. The molecule has 1 N–H and O–H groups in total. The molecule has 120 valence electrons. The van der Waals surface area contributed by atoms with E-state index < -0.39 is 21.8 Å². The summed E-state index contributed by atoms with van der Waals surface area (Å²) in [7, 11) is -2.52. The average molecular weight is 333 g/mol. The molecule has 0 unspecified atom stereocenters. The molecule has 0 saturated heterocycles. The number of hydrogen-bond donors (Lipinski definition) is 1. The van der Waals surface area contributed by atoms with Gasteiger partial charge in [-0.2, -0.15) is 22.3 Å². The smallest absolute Gasteiger partial charge is 0.285 e. The fraction of sp³-hybridized carbons (Fsp3) is 0.417. The summed E-state index contributed by atoms with van der Waals surface area (Å²) in [6, 6.07) is 2.88. The second-order valence-electron chi connectivity index (χ2n) is 4.89. The van der Waals surface area contributed by atoms with Crippen molar-refractivity contribution >= 4 is 10.1 Å². The fourth-order valence-corrected chi connectivity index (χ4v) is 2.25. The van der Waals surface area contributed by atoms with Crippen LogP contribution in [-0.2, 0) is 29.6 Å². The van der Waals surface area contributed by atoms with Gasteiger partial charge in [0.15, 0.2) is 12.7 Å². The molecule has 0 atom stereocenters. The summed E-state index contributed by atoms with van der Waals surface area (Å²) in [6.45, 7) is 0.758. The molecular weight excluding hydrogens is 318 g/mol. The van der Waals surface area contributed by atoms with Gasteiger partial charge in [0.05, 0.1) is 5.69 Å². The van der Waals surface area contributed by atoms with E-state index in [0.29, 0.717) is 11.3 Å². The lowest BCUT2D eigenvalue weighted by molar-refractivity contribution is -0.750. The van der Waals surface area contributed by atoms with Gasteiger partial charge in [-0.25, -0.2) is 0 Å². The van der Waals surface area contributed by atoms with Gasteiger partial charge in [0, 0.05) is 25.6 Å². The van der Waals surface area contributed by atoms with Gasteiger partial charge in [-0.15, -0.1) is 0 Å². The Morgan fingerprint density at radius 2 is 2.14 bits per heavy atom. The summed E-state index contributed by atoms with van der Waals surface area (Å²) in [5.41, 5.74) is 0.688. The molecule has 0 spiro atoms. The van der Waals surface area contributed by atoms with E-state index in [9.17, 15) is 17.2 Å². The maximum atomic E-state index is 13.3. The standard InChI is InChI=1S/C12H14F2N4O3S/c1-12(13,14)11-7-10(17(2)16-11)9-3-4-18(15-8-9)5-6-22(19,20)21/h3-4,7-8H,5-6H2,1-2H3/p+1. The van der Waals surface area contributed by atoms with Gasteiger partial charge in [0.25, 0.3) is 16.0 Å². The Balaban J connectivity index is 2.22. The number of alkyl halides is 2. The summed E-state index contributed by atoms with van der Waals surface area (Å²) < 4.78 is 59.2. The Kier molecular flexibility index (Phi) is 4.25. The molecule has 0 aromatic carbocycles. The van der Waals surface area contributed by atoms with Crippen LogP contribution in [0.5, 0.6) is 0 Å². The maximum absolute atomic E-state index is 13.3. The van der Waals surface area contributed by atoms with Crippen molar-refractivity contribution in [2.24, 2.45) is 7.05 Å². The number of aryl methyl sites for hydroxylation is 2. The minimum absolute atomic E-state index is 0.0111. The zero-order valence-corrected chi connectivity index (χ0v) is 12.8. The molecule has 22 heavy (non-hydrogen) atoms. The lowest BCUT2D eigenvalue weighted by atomic mass is 10.2. The number of rotatable bonds is 5. The quantitative estimate of drug-likeness (QED) is 0.645. The second-order valence-corrected chi connectivity index (χ2v) is 6.46. The molecule has 2 aromatic rings. The van der Waals surface area contributed by atoms with Crippen molar-refractivity contribution in [2.75, 3.05) is 5.75 Å². The summed E-state index contributed by atoms with van der Waals surface area (Å²) in [4.78, 5) is 0. The SMILES string of the molecule is Cn1nc(C(C)(F)F)cc1-c1cc[n+](CCS(=O)(=O)O)nc1. The number of aromatic nitrogens is 4. The minimum Gasteiger partial charge on any atom is -0.285 e. The highest BCUT2D eigenvalue weighted by Crippen LogP contribution is 2.29. The van der Waals surface area contributed by atoms with Gasteiger partial charge < -0.3 is 0 Å². The number of hydrogen-bond acceptors (Lipinski definition) is 4. The highest BCUT2D eigenvalue weighted by Gasteiger charge is 2.29. The lowest BCUT2D eigenvalue weighted by Gasteiger charge is -2.03. The van der Waals surface area contributed by atoms with Gasteiger partial charge in [0.1, 0.15) is 17.6 Å². The zero-order valence-electron chi connectivity index (χ0n) is 11.9. The van der Waals surface area contributed by atoms with Crippen molar-refractivity contribution in [1.82, 2.24) is 14.9 Å². The van der Waals surface area contributed by atoms with Crippen LogP contribution in [0.2, 0.25) is 0 Å². The zero-order chi connectivity index (χ0) is 16.5. The molecule has 0 aliphatic rings. The molecule has 0 bridgehead atoms. The monoisotopic (exact) mass is 333 g/mol. The largest absolute Gasteiger partial charge is 0.288 e. The molecule has 0 radical (unpaired) electrons. The van der Waals surface area contributed by atoms with Crippen molar-refractivity contribution in [1.29, 1.82) is 0 Å². The van der Waals surface area contributed by atoms with E-state index in [0.717, 1.165) is 6.92 Å². The van der Waals surface area contributed by atoms with Crippen LogP contribution in [0.15, 0.2) is 24.5 Å². The Morgan fingerprint density at radius 3 is 2.59 bits per heavy atom. The summed E-state index contributed by atoms with van der Waals surface area (Å²) in [5, 5.41) is 7.75. The highest BCUT2D eigenvalue weighted by atomic mass is 32.2. The van der Waals surface area contributed by atoms with Crippen molar-refractivity contribution in [3.05, 3.63) is 30.2 Å². The average Bonchev–Trinajstić information content (AvgIpc) is 2.78. The van der Waals surface area contributed by atoms with Gasteiger partial charge in [0.2, 0.25) is 0 Å². The maximum Gasteiger partial charge on any atom is 0.288 e. The molecule has 0 aliphatic carbocycles. The van der Waals surface area contributed by atoms with E-state index in [2.05, 4.69) is 10.2 Å². The van der Waals surface area contributed by atoms with E-state index in [1.54, 1.807) is 13.1 Å². The van der Waals surface area contributed by atoms with Crippen LogP contribution in [0.4, 0.5) is 8.78 Å². The Bertz CT molecular complexity index is 767. The normalized spacial score (nSPS) is 12.6. The van der Waals surface area contributed by atoms with Crippen LogP contribution in [0.25, 0.3) is 11.3 Å². The van der Waals surface area contributed by atoms with Crippen LogP contribution in [-0.4, -0.2) is 33.6 Å². The first-order valence-corrected chi connectivity index (χ1v) is 7.91. The number of nitrogens with zero attached hydrogens (tertiary/aromatic N) is 4. The third-order valence-corrected chi connectivity index (χ3v) is 3.67. The van der Waals surface area contributed by atoms with Crippen molar-refractivity contribution in [3.8, 4) is 11.3 Å². The molecule has 0 aliphatic heterocycles. The van der Waals surface area contributed by atoms with Crippen LogP contribution in [0.1, 0.15) is 12.6 Å². The highest BCUT2D eigenvalue weighted by molar-refractivity contribution is 7.85. The Hall–Kier alpha value is -1.94. The predicted molar refractivity (Wildman–Crippen MR) is 72.6 cm³/mol. The van der Waals surface area contributed by atoms with Crippen LogP contribution in [0, 0.1) is 0 Å². The first-order chi connectivity index (χ1) is 10.1. The molecule has 2 heterocycles. The van der Waals surface area contributed by atoms with Crippen LogP contribution >= 0.6 is 0 Å². The Morgan fingerprint density at radius 1 is 1.45 bits per heavy atom. The van der Waals surface area contributed by atoms with E-state index in [1.807, 2.05) is 0 Å². The Labute approximate surface area is 125 Å². The first-order valence-electron chi connectivity index (χ1n) is 6.30. The van der Waals surface area contributed by atoms with E-state index in [-0.39, 0.29) is 12.2 Å². The van der Waals surface area contributed by atoms with Gasteiger partial charge in [-0.1, -0.05) is 4.68 Å². The summed E-state index contributed by atoms with van der Waals surface area (Å²) in [6.07, 6.45) is 2.91. The van der Waals surface area contributed by atoms with Crippen LogP contribution in [0.3, 0.4) is 0 Å². The molecule has 7 nitrogen and oxygen atoms in total. The van der Waals surface area contributed by atoms with Crippen molar-refractivity contribution < 1.29 is 26.4 Å². The van der Waals surface area contributed by atoms with Crippen molar-refractivity contribution in [2.45, 2.75) is 19.4 Å². The van der Waals surface area contributed by atoms with Gasteiger partial charge in [-0.05, 0) is 11.2 Å². The van der Waals surface area contributed by atoms with Crippen molar-refractivity contribution in [3.63, 3.8) is 0 Å². The minimum atomic E-state index is -4.06. The first kappa shape index (κ1) is 16.4. The van der Waals surface area contributed by atoms with E-state index in [4.69, 9.17) is 4.55 Å². The molecule has 10 heteroatoms. The van der Waals surface area contributed by atoms with Gasteiger partial charge in [-0.3, -0.25) is 9.23 Å². The van der Waals surface area contributed by atoms with Gasteiger partial charge >= 0.3 is 0 Å². The third-order valence-electron chi connectivity index (χ3n) is 2.97. The van der Waals surface area contributed by atoms with Crippen LogP contribution < -0.4 is 4.68 Å². The molecule has 0 fully saturated rings. The molecule has 2 rings (SSSR count). The molecule has 0 amide bonds. The molecular formula is C12H15F2N4O3S+. The predicted octanol–water partition coefficient (Wildman–Crippen LogP) is 0.769. The topological polar surface area (TPSA) is 89.0 Å². The lowest BCUT2D eigenvalue weighted by Crippen LogP contribution is -2.40. The van der Waals surface area contributed by atoms with E-state index >= 15 is 0 Å². The second kappa shape index (κ2) is 5.69. The summed E-state index contributed by atoms with van der Waals surface area (Å²) in [5.74, 6) is -3.49. The summed E-state index contributed by atoms with van der Waals surface area (Å²) >= 11 is 0. The third kappa shape index (κ3) is 4.04. The van der Waals surface area contributed by atoms with E-state index in [1.165, 1.54) is 27.8 Å². The molecule has 2 aromatic heterocycles.